The Kier molecular flexibility index (Phi) is 5.01. The van der Waals surface area contributed by atoms with Crippen molar-refractivity contribution < 1.29 is 14.6 Å². The zero-order valence-electron chi connectivity index (χ0n) is 11.2. The molecule has 0 bridgehead atoms. The van der Waals surface area contributed by atoms with Crippen molar-refractivity contribution in [2.45, 2.75) is 45.1 Å². The van der Waals surface area contributed by atoms with Gasteiger partial charge >= 0.3 is 5.97 Å². The number of hydrogen-bond acceptors (Lipinski definition) is 4. The molecule has 0 aliphatic heterocycles. The number of nitrogens with one attached hydrogen (secondary N) is 1. The van der Waals surface area contributed by atoms with Crippen molar-refractivity contribution in [2.75, 3.05) is 19.7 Å². The number of ether oxygens (including phenoxy) is 1. The third kappa shape index (κ3) is 4.58. The summed E-state index contributed by atoms with van der Waals surface area (Å²) in [5, 5.41) is 13.0. The van der Waals surface area contributed by atoms with Gasteiger partial charge in [0.1, 0.15) is 0 Å². The van der Waals surface area contributed by atoms with E-state index in [0.29, 0.717) is 13.2 Å². The lowest BCUT2D eigenvalue weighted by atomic mass is 9.98. The van der Waals surface area contributed by atoms with Gasteiger partial charge in [-0.2, -0.15) is 0 Å². The van der Waals surface area contributed by atoms with Crippen LogP contribution in [0.3, 0.4) is 0 Å². The molecule has 2 aliphatic carbocycles. The number of esters is 1. The molecule has 1 unspecified atom stereocenters. The Hall–Kier alpha value is -0.610. The quantitative estimate of drug-likeness (QED) is 0.610. The minimum absolute atomic E-state index is 0.0956. The molecule has 0 saturated heterocycles. The van der Waals surface area contributed by atoms with Crippen LogP contribution >= 0.6 is 0 Å². The van der Waals surface area contributed by atoms with Gasteiger partial charge in [0.2, 0.25) is 0 Å². The number of aliphatic hydroxyl groups excluding tert-OH is 1. The highest BCUT2D eigenvalue weighted by molar-refractivity contribution is 5.69. The molecule has 104 valence electrons. The maximum atomic E-state index is 11.2. The first-order valence-corrected chi connectivity index (χ1v) is 7.25. The third-order valence-electron chi connectivity index (χ3n) is 3.92. The fourth-order valence-electron chi connectivity index (χ4n) is 2.67. The van der Waals surface area contributed by atoms with Crippen molar-refractivity contribution in [1.82, 2.24) is 5.32 Å². The molecule has 18 heavy (non-hydrogen) atoms. The fourth-order valence-corrected chi connectivity index (χ4v) is 2.67. The molecule has 2 N–H and O–H groups in total. The molecule has 2 saturated carbocycles. The van der Waals surface area contributed by atoms with Gasteiger partial charge in [-0.1, -0.05) is 0 Å². The molecule has 0 aromatic rings. The topological polar surface area (TPSA) is 58.6 Å². The number of carbonyl (C=O) groups excluding carboxylic acids is 1. The Bertz CT molecular complexity index is 262. The van der Waals surface area contributed by atoms with E-state index < -0.39 is 6.10 Å². The second-order valence-electron chi connectivity index (χ2n) is 5.66. The van der Waals surface area contributed by atoms with Crippen LogP contribution in [0.15, 0.2) is 0 Å². The molecule has 0 spiro atoms. The average molecular weight is 255 g/mol. The molecule has 2 rings (SSSR count). The summed E-state index contributed by atoms with van der Waals surface area (Å²) < 4.78 is 4.81. The molecule has 2 fully saturated rings. The molecule has 2 aliphatic rings. The number of hydrogen-bond donors (Lipinski definition) is 2. The van der Waals surface area contributed by atoms with Crippen molar-refractivity contribution in [1.29, 1.82) is 0 Å². The van der Waals surface area contributed by atoms with Crippen molar-refractivity contribution in [3.8, 4) is 0 Å². The van der Waals surface area contributed by atoms with E-state index in [-0.39, 0.29) is 12.4 Å². The first-order chi connectivity index (χ1) is 8.70. The summed E-state index contributed by atoms with van der Waals surface area (Å²) in [4.78, 5) is 11.2. The van der Waals surface area contributed by atoms with Gasteiger partial charge in [-0.15, -0.1) is 0 Å². The maximum absolute atomic E-state index is 11.2. The minimum atomic E-state index is -0.622. The van der Waals surface area contributed by atoms with Crippen LogP contribution in [-0.4, -0.2) is 36.9 Å². The molecule has 0 aromatic carbocycles. The predicted molar refractivity (Wildman–Crippen MR) is 69.1 cm³/mol. The van der Waals surface area contributed by atoms with Crippen LogP contribution in [0.1, 0.15) is 39.0 Å². The summed E-state index contributed by atoms with van der Waals surface area (Å²) in [5.74, 6) is 2.34. The van der Waals surface area contributed by atoms with E-state index in [1.54, 1.807) is 6.92 Å². The number of carbonyl (C=O) groups is 1. The van der Waals surface area contributed by atoms with Gasteiger partial charge in [-0.3, -0.25) is 4.79 Å². The lowest BCUT2D eigenvalue weighted by molar-refractivity contribution is -0.145. The van der Waals surface area contributed by atoms with Crippen LogP contribution in [-0.2, 0) is 9.53 Å². The van der Waals surface area contributed by atoms with E-state index in [0.717, 1.165) is 24.3 Å². The second kappa shape index (κ2) is 6.53. The van der Waals surface area contributed by atoms with Gasteiger partial charge in [0.25, 0.3) is 0 Å². The van der Waals surface area contributed by atoms with E-state index in [1.807, 2.05) is 0 Å². The minimum Gasteiger partial charge on any atom is -0.466 e. The zero-order chi connectivity index (χ0) is 13.0. The van der Waals surface area contributed by atoms with E-state index in [9.17, 15) is 9.90 Å². The molecule has 1 atom stereocenters. The van der Waals surface area contributed by atoms with Gasteiger partial charge in [0.15, 0.2) is 0 Å². The second-order valence-corrected chi connectivity index (χ2v) is 5.66. The Morgan fingerprint density at radius 1 is 1.28 bits per heavy atom. The van der Waals surface area contributed by atoms with Gasteiger partial charge in [0.05, 0.1) is 19.1 Å². The van der Waals surface area contributed by atoms with E-state index in [1.165, 1.54) is 25.7 Å². The monoisotopic (exact) mass is 255 g/mol. The first kappa shape index (κ1) is 13.8. The van der Waals surface area contributed by atoms with Crippen LogP contribution < -0.4 is 5.32 Å². The summed E-state index contributed by atoms with van der Waals surface area (Å²) in [6.07, 6.45) is 5.01. The normalized spacial score (nSPS) is 21.1. The van der Waals surface area contributed by atoms with Gasteiger partial charge < -0.3 is 15.2 Å². The summed E-state index contributed by atoms with van der Waals surface area (Å²) >= 11 is 0. The van der Waals surface area contributed by atoms with Crippen LogP contribution in [0.2, 0.25) is 0 Å². The van der Waals surface area contributed by atoms with E-state index >= 15 is 0 Å². The van der Waals surface area contributed by atoms with Crippen LogP contribution in [0, 0.1) is 17.8 Å². The smallest absolute Gasteiger partial charge is 0.308 e. The summed E-state index contributed by atoms with van der Waals surface area (Å²) in [6, 6.07) is 0. The van der Waals surface area contributed by atoms with Crippen LogP contribution in [0.4, 0.5) is 0 Å². The Labute approximate surface area is 109 Å². The lowest BCUT2D eigenvalue weighted by Gasteiger charge is -2.18. The van der Waals surface area contributed by atoms with Crippen molar-refractivity contribution in [3.63, 3.8) is 0 Å². The average Bonchev–Trinajstić information content (AvgIpc) is 3.15. The molecule has 0 heterocycles. The van der Waals surface area contributed by atoms with Gasteiger partial charge in [-0.05, 0) is 56.9 Å². The van der Waals surface area contributed by atoms with Gasteiger partial charge in [-0.25, -0.2) is 0 Å². The third-order valence-corrected chi connectivity index (χ3v) is 3.92. The Morgan fingerprint density at radius 2 is 1.89 bits per heavy atom. The Balaban J connectivity index is 1.57. The molecular formula is C14H25NO3. The molecule has 0 amide bonds. The zero-order valence-corrected chi connectivity index (χ0v) is 11.2. The molecule has 0 aromatic heterocycles. The predicted octanol–water partition coefficient (Wildman–Crippen LogP) is 1.33. The number of aliphatic hydroxyl groups is 1. The van der Waals surface area contributed by atoms with Crippen LogP contribution in [0.5, 0.6) is 0 Å². The highest BCUT2D eigenvalue weighted by Gasteiger charge is 2.40. The standard InChI is InChI=1S/C14H25NO3/c1-2-18-14(17)7-12(16)8-15-9-13(10-3-4-10)11-5-6-11/h10-13,15-16H,2-9H2,1H3. The SMILES string of the molecule is CCOC(=O)CC(O)CNCC(C1CC1)C1CC1. The van der Waals surface area contributed by atoms with Crippen molar-refractivity contribution in [3.05, 3.63) is 0 Å². The van der Waals surface area contributed by atoms with Crippen molar-refractivity contribution in [2.24, 2.45) is 17.8 Å². The Morgan fingerprint density at radius 3 is 2.39 bits per heavy atom. The highest BCUT2D eigenvalue weighted by atomic mass is 16.5. The van der Waals surface area contributed by atoms with Gasteiger partial charge in [0, 0.05) is 6.54 Å². The van der Waals surface area contributed by atoms with E-state index in [2.05, 4.69) is 5.32 Å². The highest BCUT2D eigenvalue weighted by Crippen LogP contribution is 2.48. The summed E-state index contributed by atoms with van der Waals surface area (Å²) in [5.41, 5.74) is 0. The lowest BCUT2D eigenvalue weighted by Crippen LogP contribution is -2.33. The molecule has 4 nitrogen and oxygen atoms in total. The molecule has 0 radical (unpaired) electrons. The molecule has 4 heteroatoms. The van der Waals surface area contributed by atoms with Crippen LogP contribution in [0.25, 0.3) is 0 Å². The van der Waals surface area contributed by atoms with E-state index in [4.69, 9.17) is 4.74 Å². The fraction of sp³-hybridized carbons (Fsp3) is 0.929. The summed E-state index contributed by atoms with van der Waals surface area (Å²) in [7, 11) is 0. The summed E-state index contributed by atoms with van der Waals surface area (Å²) in [6.45, 7) is 3.65. The first-order valence-electron chi connectivity index (χ1n) is 7.25. The molecular weight excluding hydrogens is 230 g/mol. The largest absolute Gasteiger partial charge is 0.466 e. The number of rotatable bonds is 9. The van der Waals surface area contributed by atoms with Crippen molar-refractivity contribution >= 4 is 5.97 Å². The maximum Gasteiger partial charge on any atom is 0.308 e.